The Labute approximate surface area is 109 Å². The van der Waals surface area contributed by atoms with Crippen molar-refractivity contribution >= 4 is 0 Å². The van der Waals surface area contributed by atoms with Crippen LogP contribution in [0.4, 0.5) is 13.2 Å². The molecule has 1 fully saturated rings. The van der Waals surface area contributed by atoms with Gasteiger partial charge < -0.3 is 10.1 Å². The molecule has 1 atom stereocenters. The predicted octanol–water partition coefficient (Wildman–Crippen LogP) is 2.71. The number of halogens is 3. The Morgan fingerprint density at radius 1 is 1.42 bits per heavy atom. The van der Waals surface area contributed by atoms with Crippen molar-refractivity contribution in [3.63, 3.8) is 0 Å². The largest absolute Gasteiger partial charge is 0.491 e. The van der Waals surface area contributed by atoms with E-state index in [2.05, 4.69) is 5.32 Å². The van der Waals surface area contributed by atoms with E-state index in [0.717, 1.165) is 25.5 Å². The third-order valence-corrected chi connectivity index (χ3v) is 3.02. The first kappa shape index (κ1) is 13.7. The molecule has 0 amide bonds. The number of nitriles is 1. The van der Waals surface area contributed by atoms with E-state index < -0.39 is 11.7 Å². The second kappa shape index (κ2) is 5.49. The molecule has 1 saturated heterocycles. The predicted molar refractivity (Wildman–Crippen MR) is 62.7 cm³/mol. The van der Waals surface area contributed by atoms with Crippen LogP contribution < -0.4 is 10.1 Å². The van der Waals surface area contributed by atoms with Gasteiger partial charge in [0.15, 0.2) is 0 Å². The standard InChI is InChI=1S/C13H13F3N2O/c14-13(15,16)11-6-9(7-17)3-4-12(11)19-8-10-2-1-5-18-10/h3-4,6,10,18H,1-2,5,8H2/t10-/m1/s1. The Hall–Kier alpha value is -1.74. The zero-order valence-corrected chi connectivity index (χ0v) is 10.1. The second-order valence-corrected chi connectivity index (χ2v) is 4.42. The highest BCUT2D eigenvalue weighted by Gasteiger charge is 2.35. The summed E-state index contributed by atoms with van der Waals surface area (Å²) in [6, 6.07) is 5.14. The van der Waals surface area contributed by atoms with Gasteiger partial charge in [-0.1, -0.05) is 0 Å². The molecular formula is C13H13F3N2O. The van der Waals surface area contributed by atoms with Crippen molar-refractivity contribution in [1.29, 1.82) is 5.26 Å². The van der Waals surface area contributed by atoms with Crippen molar-refractivity contribution in [1.82, 2.24) is 5.32 Å². The summed E-state index contributed by atoms with van der Waals surface area (Å²) in [6.45, 7) is 1.07. The Morgan fingerprint density at radius 2 is 2.21 bits per heavy atom. The minimum Gasteiger partial charge on any atom is -0.491 e. The van der Waals surface area contributed by atoms with Gasteiger partial charge in [0.25, 0.3) is 0 Å². The van der Waals surface area contributed by atoms with Crippen molar-refractivity contribution in [3.8, 4) is 11.8 Å². The van der Waals surface area contributed by atoms with Gasteiger partial charge in [-0.25, -0.2) is 0 Å². The topological polar surface area (TPSA) is 45.0 Å². The van der Waals surface area contributed by atoms with Gasteiger partial charge >= 0.3 is 6.18 Å². The number of hydrogen-bond acceptors (Lipinski definition) is 3. The third-order valence-electron chi connectivity index (χ3n) is 3.02. The molecule has 2 rings (SSSR count). The van der Waals surface area contributed by atoms with Crippen LogP contribution in [0.1, 0.15) is 24.0 Å². The van der Waals surface area contributed by atoms with Gasteiger partial charge in [0.2, 0.25) is 0 Å². The van der Waals surface area contributed by atoms with E-state index in [9.17, 15) is 13.2 Å². The molecule has 0 radical (unpaired) electrons. The molecule has 1 aliphatic rings. The maximum absolute atomic E-state index is 12.9. The average molecular weight is 270 g/mol. The van der Waals surface area contributed by atoms with Crippen molar-refractivity contribution in [2.75, 3.05) is 13.2 Å². The molecule has 1 N–H and O–H groups in total. The van der Waals surface area contributed by atoms with E-state index in [4.69, 9.17) is 10.00 Å². The molecule has 0 spiro atoms. The lowest BCUT2D eigenvalue weighted by Gasteiger charge is -2.16. The van der Waals surface area contributed by atoms with Crippen molar-refractivity contribution in [2.45, 2.75) is 25.1 Å². The molecule has 0 saturated carbocycles. The maximum atomic E-state index is 12.9. The molecule has 0 bridgehead atoms. The number of rotatable bonds is 3. The third kappa shape index (κ3) is 3.38. The highest BCUT2D eigenvalue weighted by molar-refractivity contribution is 5.43. The lowest BCUT2D eigenvalue weighted by Crippen LogP contribution is -2.28. The summed E-state index contributed by atoms with van der Waals surface area (Å²) in [6.07, 6.45) is -2.61. The van der Waals surface area contributed by atoms with Crippen LogP contribution in [0.3, 0.4) is 0 Å². The number of hydrogen-bond donors (Lipinski definition) is 1. The minimum atomic E-state index is -4.52. The molecule has 0 aromatic heterocycles. The van der Waals surface area contributed by atoms with Gasteiger partial charge in [-0.15, -0.1) is 0 Å². The molecule has 1 heterocycles. The smallest absolute Gasteiger partial charge is 0.420 e. The molecule has 6 heteroatoms. The summed E-state index contributed by atoms with van der Waals surface area (Å²) in [5.74, 6) is -0.222. The van der Waals surface area contributed by atoms with Gasteiger partial charge in [0, 0.05) is 6.04 Å². The first-order valence-electron chi connectivity index (χ1n) is 5.98. The summed E-state index contributed by atoms with van der Waals surface area (Å²) in [7, 11) is 0. The van der Waals surface area contributed by atoms with Crippen LogP contribution in [0.15, 0.2) is 18.2 Å². The van der Waals surface area contributed by atoms with Crippen molar-refractivity contribution < 1.29 is 17.9 Å². The van der Waals surface area contributed by atoms with Crippen LogP contribution in [-0.4, -0.2) is 19.2 Å². The van der Waals surface area contributed by atoms with E-state index in [0.29, 0.717) is 0 Å². The zero-order chi connectivity index (χ0) is 13.9. The van der Waals surface area contributed by atoms with Crippen LogP contribution >= 0.6 is 0 Å². The summed E-state index contributed by atoms with van der Waals surface area (Å²) in [5.41, 5.74) is -0.928. The molecule has 1 aromatic carbocycles. The van der Waals surface area contributed by atoms with Crippen molar-refractivity contribution in [3.05, 3.63) is 29.3 Å². The average Bonchev–Trinajstić information content (AvgIpc) is 2.88. The van der Waals surface area contributed by atoms with E-state index in [1.54, 1.807) is 6.07 Å². The summed E-state index contributed by atoms with van der Waals surface area (Å²) < 4.78 is 43.8. The fourth-order valence-corrected chi connectivity index (χ4v) is 2.04. The van der Waals surface area contributed by atoms with E-state index in [1.165, 1.54) is 12.1 Å². The lowest BCUT2D eigenvalue weighted by atomic mass is 10.1. The molecule has 1 aliphatic heterocycles. The van der Waals surface area contributed by atoms with Crippen LogP contribution in [0.2, 0.25) is 0 Å². The Kier molecular flexibility index (Phi) is 3.96. The normalized spacial score (nSPS) is 19.2. The Morgan fingerprint density at radius 3 is 2.79 bits per heavy atom. The second-order valence-electron chi connectivity index (χ2n) is 4.42. The maximum Gasteiger partial charge on any atom is 0.420 e. The van der Waals surface area contributed by atoms with E-state index in [1.807, 2.05) is 0 Å². The number of alkyl halides is 3. The molecule has 0 unspecified atom stereocenters. The van der Waals surface area contributed by atoms with Gasteiger partial charge in [-0.2, -0.15) is 18.4 Å². The van der Waals surface area contributed by atoms with Gasteiger partial charge in [-0.3, -0.25) is 0 Å². The quantitative estimate of drug-likeness (QED) is 0.918. The first-order valence-corrected chi connectivity index (χ1v) is 5.98. The van der Waals surface area contributed by atoms with Crippen LogP contribution in [0, 0.1) is 11.3 Å². The number of ether oxygens (including phenoxy) is 1. The summed E-state index contributed by atoms with van der Waals surface area (Å²) in [4.78, 5) is 0. The van der Waals surface area contributed by atoms with Crippen molar-refractivity contribution in [2.24, 2.45) is 0 Å². The molecule has 1 aromatic rings. The fourth-order valence-electron chi connectivity index (χ4n) is 2.04. The fraction of sp³-hybridized carbons (Fsp3) is 0.462. The van der Waals surface area contributed by atoms with E-state index in [-0.39, 0.29) is 24.0 Å². The van der Waals surface area contributed by atoms with Gasteiger partial charge in [0.1, 0.15) is 12.4 Å². The summed E-state index contributed by atoms with van der Waals surface area (Å²) in [5, 5.41) is 11.8. The number of nitrogens with zero attached hydrogens (tertiary/aromatic N) is 1. The Balaban J connectivity index is 2.16. The monoisotopic (exact) mass is 270 g/mol. The Bertz CT molecular complexity index is 488. The summed E-state index contributed by atoms with van der Waals surface area (Å²) >= 11 is 0. The van der Waals surface area contributed by atoms with Crippen LogP contribution in [-0.2, 0) is 6.18 Å². The molecule has 19 heavy (non-hydrogen) atoms. The zero-order valence-electron chi connectivity index (χ0n) is 10.1. The lowest BCUT2D eigenvalue weighted by molar-refractivity contribution is -0.139. The molecular weight excluding hydrogens is 257 g/mol. The van der Waals surface area contributed by atoms with E-state index >= 15 is 0 Å². The highest BCUT2D eigenvalue weighted by atomic mass is 19.4. The highest BCUT2D eigenvalue weighted by Crippen LogP contribution is 2.36. The van der Waals surface area contributed by atoms with Crippen LogP contribution in [0.5, 0.6) is 5.75 Å². The molecule has 3 nitrogen and oxygen atoms in total. The van der Waals surface area contributed by atoms with Gasteiger partial charge in [0.05, 0.1) is 17.2 Å². The molecule has 102 valence electrons. The first-order chi connectivity index (χ1) is 9.00. The SMILES string of the molecule is N#Cc1ccc(OC[C@H]2CCCN2)c(C(F)(F)F)c1. The van der Waals surface area contributed by atoms with Crippen LogP contribution in [0.25, 0.3) is 0 Å². The number of nitrogens with one attached hydrogen (secondary N) is 1. The minimum absolute atomic E-state index is 0.0290. The number of benzene rings is 1. The molecule has 0 aliphatic carbocycles. The van der Waals surface area contributed by atoms with Gasteiger partial charge in [-0.05, 0) is 37.6 Å².